The first-order chi connectivity index (χ1) is 10.6. The number of halogens is 2. The largest absolute Gasteiger partial charge is 0.321 e. The zero-order valence-electron chi connectivity index (χ0n) is 11.3. The van der Waals surface area contributed by atoms with Crippen molar-refractivity contribution in [3.63, 3.8) is 0 Å². The van der Waals surface area contributed by atoms with E-state index in [-0.39, 0.29) is 5.91 Å². The number of hydrogen-bond donors (Lipinski definition) is 1. The summed E-state index contributed by atoms with van der Waals surface area (Å²) in [7, 11) is 0. The first-order valence-corrected chi connectivity index (χ1v) is 7.55. The van der Waals surface area contributed by atoms with Crippen molar-refractivity contribution in [1.82, 2.24) is 19.6 Å². The molecule has 0 unspecified atom stereocenters. The third-order valence-electron chi connectivity index (χ3n) is 2.87. The van der Waals surface area contributed by atoms with Crippen LogP contribution in [0.15, 0.2) is 53.4 Å². The van der Waals surface area contributed by atoms with E-state index >= 15 is 0 Å². The molecule has 8 heteroatoms. The van der Waals surface area contributed by atoms with E-state index in [1.165, 1.54) is 0 Å². The van der Waals surface area contributed by atoms with Crippen molar-refractivity contribution in [2.24, 2.45) is 0 Å². The summed E-state index contributed by atoms with van der Waals surface area (Å²) in [6.07, 6.45) is 5.25. The van der Waals surface area contributed by atoms with Gasteiger partial charge in [0.15, 0.2) is 5.69 Å². The van der Waals surface area contributed by atoms with Gasteiger partial charge in [-0.1, -0.05) is 11.6 Å². The van der Waals surface area contributed by atoms with Crippen molar-refractivity contribution >= 4 is 39.1 Å². The van der Waals surface area contributed by atoms with Crippen LogP contribution in [0.4, 0.5) is 5.69 Å². The number of nitrogens with one attached hydrogen (secondary N) is 1. The molecular formula is C14H11BrClN5O. The van der Waals surface area contributed by atoms with Gasteiger partial charge in [0, 0.05) is 23.1 Å². The summed E-state index contributed by atoms with van der Waals surface area (Å²) in [6.45, 7) is 0.430. The smallest absolute Gasteiger partial charge is 0.276 e. The number of rotatable bonds is 4. The van der Waals surface area contributed by atoms with Gasteiger partial charge < -0.3 is 5.32 Å². The number of aromatic nitrogens is 4. The molecule has 1 amide bonds. The lowest BCUT2D eigenvalue weighted by molar-refractivity contribution is 0.102. The van der Waals surface area contributed by atoms with Crippen LogP contribution in [0.3, 0.4) is 0 Å². The normalized spacial score (nSPS) is 10.6. The van der Waals surface area contributed by atoms with Crippen LogP contribution >= 0.6 is 27.5 Å². The van der Waals surface area contributed by atoms with Gasteiger partial charge in [-0.25, -0.2) is 4.68 Å². The highest BCUT2D eigenvalue weighted by Gasteiger charge is 2.10. The van der Waals surface area contributed by atoms with E-state index in [1.807, 2.05) is 6.20 Å². The average molecular weight is 381 g/mol. The lowest BCUT2D eigenvalue weighted by atomic mass is 10.3. The highest BCUT2D eigenvalue weighted by atomic mass is 79.9. The number of nitrogens with zero attached hydrogens (tertiary/aromatic N) is 4. The summed E-state index contributed by atoms with van der Waals surface area (Å²) in [4.78, 5) is 12.1. The molecule has 3 aromatic rings. The molecule has 3 rings (SSSR count). The fourth-order valence-electron chi connectivity index (χ4n) is 1.85. The van der Waals surface area contributed by atoms with Crippen LogP contribution in [0.1, 0.15) is 10.5 Å². The number of benzene rings is 1. The molecular weight excluding hydrogens is 370 g/mol. The molecule has 0 atom stereocenters. The molecule has 1 aromatic carbocycles. The van der Waals surface area contributed by atoms with Gasteiger partial charge in [0.05, 0.1) is 10.7 Å². The third kappa shape index (κ3) is 3.55. The van der Waals surface area contributed by atoms with Gasteiger partial charge in [0.25, 0.3) is 5.91 Å². The minimum atomic E-state index is -0.275. The van der Waals surface area contributed by atoms with Gasteiger partial charge in [-0.05, 0) is 46.3 Å². The van der Waals surface area contributed by atoms with Crippen LogP contribution in [-0.2, 0) is 6.67 Å². The van der Waals surface area contributed by atoms with E-state index in [0.29, 0.717) is 23.1 Å². The first-order valence-electron chi connectivity index (χ1n) is 6.38. The van der Waals surface area contributed by atoms with Crippen molar-refractivity contribution in [2.45, 2.75) is 6.67 Å². The Labute approximate surface area is 139 Å². The van der Waals surface area contributed by atoms with Crippen LogP contribution in [0.25, 0.3) is 0 Å². The molecule has 22 heavy (non-hydrogen) atoms. The topological polar surface area (TPSA) is 64.7 Å². The van der Waals surface area contributed by atoms with Crippen LogP contribution in [0.5, 0.6) is 0 Å². The molecule has 0 aliphatic heterocycles. The molecule has 2 aromatic heterocycles. The SMILES string of the molecule is O=C(Nc1ccc(Cl)cc1)c1ccn(Cn2cc(Br)cn2)n1. The summed E-state index contributed by atoms with van der Waals surface area (Å²) in [6, 6.07) is 8.55. The van der Waals surface area contributed by atoms with Crippen LogP contribution < -0.4 is 5.32 Å². The molecule has 112 valence electrons. The molecule has 6 nitrogen and oxygen atoms in total. The second-order valence-electron chi connectivity index (χ2n) is 4.54. The minimum absolute atomic E-state index is 0.275. The highest BCUT2D eigenvalue weighted by molar-refractivity contribution is 9.10. The molecule has 1 N–H and O–H groups in total. The zero-order chi connectivity index (χ0) is 15.5. The van der Waals surface area contributed by atoms with Gasteiger partial charge in [-0.15, -0.1) is 0 Å². The Hall–Kier alpha value is -2.12. The summed E-state index contributed by atoms with van der Waals surface area (Å²) < 4.78 is 4.23. The minimum Gasteiger partial charge on any atom is -0.321 e. The third-order valence-corrected chi connectivity index (χ3v) is 3.53. The Morgan fingerprint density at radius 1 is 1.23 bits per heavy atom. The lowest BCUT2D eigenvalue weighted by Crippen LogP contribution is -2.14. The number of carbonyl (C=O) groups excluding carboxylic acids is 1. The Kier molecular flexibility index (Phi) is 4.26. The molecule has 0 radical (unpaired) electrons. The quantitative estimate of drug-likeness (QED) is 0.755. The lowest BCUT2D eigenvalue weighted by Gasteiger charge is -2.03. The maximum Gasteiger partial charge on any atom is 0.276 e. The maximum absolute atomic E-state index is 12.1. The number of hydrogen-bond acceptors (Lipinski definition) is 3. The molecule has 0 fully saturated rings. The monoisotopic (exact) mass is 379 g/mol. The Morgan fingerprint density at radius 2 is 2.00 bits per heavy atom. The molecule has 0 saturated carbocycles. The Bertz CT molecular complexity index is 796. The second-order valence-corrected chi connectivity index (χ2v) is 5.89. The molecule has 0 saturated heterocycles. The fourth-order valence-corrected chi connectivity index (χ4v) is 2.31. The van der Waals surface area contributed by atoms with Crippen molar-refractivity contribution < 1.29 is 4.79 Å². The average Bonchev–Trinajstić information content (AvgIpc) is 3.11. The Morgan fingerprint density at radius 3 is 2.68 bits per heavy atom. The molecule has 2 heterocycles. The summed E-state index contributed by atoms with van der Waals surface area (Å²) in [5.74, 6) is -0.275. The fraction of sp³-hybridized carbons (Fsp3) is 0.0714. The molecule has 0 aliphatic carbocycles. The van der Waals surface area contributed by atoms with E-state index < -0.39 is 0 Å². The maximum atomic E-state index is 12.1. The molecule has 0 aliphatic rings. The molecule has 0 spiro atoms. The number of carbonyl (C=O) groups is 1. The van der Waals surface area contributed by atoms with E-state index in [2.05, 4.69) is 31.4 Å². The van der Waals surface area contributed by atoms with Crippen molar-refractivity contribution in [3.8, 4) is 0 Å². The van der Waals surface area contributed by atoms with Crippen LogP contribution in [-0.4, -0.2) is 25.5 Å². The Balaban J connectivity index is 1.67. The first kappa shape index (κ1) is 14.8. The predicted octanol–water partition coefficient (Wildman–Crippen LogP) is 3.25. The number of anilines is 1. The van der Waals surface area contributed by atoms with Crippen LogP contribution in [0.2, 0.25) is 5.02 Å². The van der Waals surface area contributed by atoms with E-state index in [1.54, 1.807) is 52.1 Å². The highest BCUT2D eigenvalue weighted by Crippen LogP contribution is 2.14. The van der Waals surface area contributed by atoms with Crippen LogP contribution in [0, 0.1) is 0 Å². The van der Waals surface area contributed by atoms with Gasteiger partial charge in [0.1, 0.15) is 6.67 Å². The predicted molar refractivity (Wildman–Crippen MR) is 87.0 cm³/mol. The second kappa shape index (κ2) is 6.33. The number of amides is 1. The van der Waals surface area contributed by atoms with Crippen molar-refractivity contribution in [2.75, 3.05) is 5.32 Å². The molecule has 0 bridgehead atoms. The van der Waals surface area contributed by atoms with E-state index in [4.69, 9.17) is 11.6 Å². The van der Waals surface area contributed by atoms with Gasteiger partial charge in [-0.2, -0.15) is 10.2 Å². The van der Waals surface area contributed by atoms with Crippen molar-refractivity contribution in [1.29, 1.82) is 0 Å². The van der Waals surface area contributed by atoms with Gasteiger partial charge in [0.2, 0.25) is 0 Å². The van der Waals surface area contributed by atoms with Gasteiger partial charge >= 0.3 is 0 Å². The standard InChI is InChI=1S/C14H11BrClN5O/c15-10-7-17-21(8-10)9-20-6-5-13(19-20)14(22)18-12-3-1-11(16)2-4-12/h1-8H,9H2,(H,18,22). The summed E-state index contributed by atoms with van der Waals surface area (Å²) in [5, 5.41) is 11.7. The zero-order valence-corrected chi connectivity index (χ0v) is 13.6. The summed E-state index contributed by atoms with van der Waals surface area (Å²) in [5.41, 5.74) is 1.00. The van der Waals surface area contributed by atoms with Crippen molar-refractivity contribution in [3.05, 3.63) is 64.1 Å². The summed E-state index contributed by atoms with van der Waals surface area (Å²) >= 11 is 9.14. The van der Waals surface area contributed by atoms with E-state index in [9.17, 15) is 4.79 Å². The van der Waals surface area contributed by atoms with Gasteiger partial charge in [-0.3, -0.25) is 9.48 Å². The van der Waals surface area contributed by atoms with E-state index in [0.717, 1.165) is 4.47 Å².